The molecule has 0 radical (unpaired) electrons. The van der Waals surface area contributed by atoms with E-state index in [0.717, 1.165) is 0 Å². The van der Waals surface area contributed by atoms with Crippen LogP contribution in [-0.4, -0.2) is 5.11 Å². The number of nitriles is 1. The Hall–Kier alpha value is -1.20. The van der Waals surface area contributed by atoms with E-state index in [2.05, 4.69) is 0 Å². The molecule has 1 aromatic carbocycles. The molecule has 0 heterocycles. The minimum Gasteiger partial charge on any atom is -0.508 e. The summed E-state index contributed by atoms with van der Waals surface area (Å²) in [5, 5.41) is 16.6. The summed E-state index contributed by atoms with van der Waals surface area (Å²) in [6.07, 6.45) is 0. The van der Waals surface area contributed by atoms with Crippen molar-refractivity contribution in [2.45, 2.75) is 6.92 Å². The normalized spacial score (nSPS) is 7.36. The highest BCUT2D eigenvalue weighted by Gasteiger charge is 1.85. The summed E-state index contributed by atoms with van der Waals surface area (Å²) in [6.45, 7) is 1.43. The minimum absolute atomic E-state index is 0.206. The van der Waals surface area contributed by atoms with Gasteiger partial charge in [0.05, 0.1) is 6.07 Å². The van der Waals surface area contributed by atoms with Gasteiger partial charge in [0.25, 0.3) is 0 Å². The van der Waals surface area contributed by atoms with E-state index in [1.165, 1.54) is 13.0 Å². The molecule has 0 saturated heterocycles. The lowest BCUT2D eigenvalue weighted by Crippen LogP contribution is -1.61. The molecule has 3 heteroatoms. The number of hydrogen-bond donors (Lipinski definition) is 1. The predicted molar refractivity (Wildman–Crippen MR) is 44.4 cm³/mol. The second-order valence-corrected chi connectivity index (χ2v) is 2.14. The summed E-state index contributed by atoms with van der Waals surface area (Å²) < 4.78 is 0. The van der Waals surface area contributed by atoms with Crippen molar-refractivity contribution >= 4 is 11.6 Å². The summed E-state index contributed by atoms with van der Waals surface area (Å²) in [6, 6.07) is 8.21. The first-order valence-electron chi connectivity index (χ1n) is 2.96. The van der Waals surface area contributed by atoms with Gasteiger partial charge in [0.1, 0.15) is 5.75 Å². The molecule has 58 valence electrons. The van der Waals surface area contributed by atoms with E-state index in [9.17, 15) is 0 Å². The Morgan fingerprint density at radius 1 is 1.55 bits per heavy atom. The van der Waals surface area contributed by atoms with Crippen LogP contribution in [0, 0.1) is 11.3 Å². The molecule has 0 aliphatic carbocycles. The molecule has 0 unspecified atom stereocenters. The number of phenolic OH excluding ortho intramolecular Hbond substituents is 1. The smallest absolute Gasteiger partial charge is 0.117 e. The summed E-state index contributed by atoms with van der Waals surface area (Å²) in [5.41, 5.74) is 0. The van der Waals surface area contributed by atoms with Gasteiger partial charge in [-0.05, 0) is 18.2 Å². The molecule has 0 spiro atoms. The maximum absolute atomic E-state index is 8.73. The Kier molecular flexibility index (Phi) is 4.97. The highest BCUT2D eigenvalue weighted by atomic mass is 35.5. The van der Waals surface area contributed by atoms with E-state index in [-0.39, 0.29) is 5.75 Å². The second kappa shape index (κ2) is 5.57. The maximum atomic E-state index is 8.73. The molecule has 11 heavy (non-hydrogen) atoms. The zero-order valence-electron chi connectivity index (χ0n) is 6.08. The largest absolute Gasteiger partial charge is 0.508 e. The van der Waals surface area contributed by atoms with Crippen LogP contribution >= 0.6 is 11.6 Å². The van der Waals surface area contributed by atoms with Crippen molar-refractivity contribution in [2.75, 3.05) is 0 Å². The van der Waals surface area contributed by atoms with Crippen LogP contribution in [0.3, 0.4) is 0 Å². The standard InChI is InChI=1S/C6H5ClO.C2H3N/c7-5-2-1-3-6(8)4-5;1-2-3/h1-4,8H;1H3. The summed E-state index contributed by atoms with van der Waals surface area (Å²) in [7, 11) is 0. The number of rotatable bonds is 0. The number of hydrogen-bond acceptors (Lipinski definition) is 2. The molecule has 0 amide bonds. The van der Waals surface area contributed by atoms with Crippen LogP contribution < -0.4 is 0 Å². The molecule has 2 nitrogen and oxygen atoms in total. The Bertz CT molecular complexity index is 237. The highest BCUT2D eigenvalue weighted by Crippen LogP contribution is 2.14. The maximum Gasteiger partial charge on any atom is 0.117 e. The third-order valence-corrected chi connectivity index (χ3v) is 1.04. The van der Waals surface area contributed by atoms with Crippen molar-refractivity contribution < 1.29 is 5.11 Å². The molecular formula is C8H8ClNO. The van der Waals surface area contributed by atoms with E-state index < -0.39 is 0 Å². The van der Waals surface area contributed by atoms with Gasteiger partial charge >= 0.3 is 0 Å². The third-order valence-electron chi connectivity index (χ3n) is 0.808. The fourth-order valence-corrected chi connectivity index (χ4v) is 0.661. The summed E-state index contributed by atoms with van der Waals surface area (Å²) in [4.78, 5) is 0. The number of benzene rings is 1. The SMILES string of the molecule is CC#N.Oc1cccc(Cl)c1. The first kappa shape index (κ1) is 9.80. The van der Waals surface area contributed by atoms with Gasteiger partial charge in [0.2, 0.25) is 0 Å². The Morgan fingerprint density at radius 3 is 2.36 bits per heavy atom. The van der Waals surface area contributed by atoms with E-state index in [0.29, 0.717) is 5.02 Å². The average molecular weight is 170 g/mol. The van der Waals surface area contributed by atoms with Crippen molar-refractivity contribution in [3.63, 3.8) is 0 Å². The van der Waals surface area contributed by atoms with Crippen LogP contribution in [0.25, 0.3) is 0 Å². The number of aromatic hydroxyl groups is 1. The number of nitrogens with zero attached hydrogens (tertiary/aromatic N) is 1. The van der Waals surface area contributed by atoms with Gasteiger partial charge in [0, 0.05) is 11.9 Å². The van der Waals surface area contributed by atoms with Crippen LogP contribution in [0.2, 0.25) is 5.02 Å². The van der Waals surface area contributed by atoms with Crippen LogP contribution in [-0.2, 0) is 0 Å². The lowest BCUT2D eigenvalue weighted by molar-refractivity contribution is 0.475. The molecule has 0 aromatic heterocycles. The van der Waals surface area contributed by atoms with Gasteiger partial charge in [-0.25, -0.2) is 0 Å². The van der Waals surface area contributed by atoms with Crippen molar-refractivity contribution in [2.24, 2.45) is 0 Å². The van der Waals surface area contributed by atoms with Gasteiger partial charge in [0.15, 0.2) is 0 Å². The van der Waals surface area contributed by atoms with E-state index in [1.807, 2.05) is 0 Å². The summed E-state index contributed by atoms with van der Waals surface area (Å²) in [5.74, 6) is 0.206. The molecule has 0 fully saturated rings. The lowest BCUT2D eigenvalue weighted by atomic mass is 10.3. The predicted octanol–water partition coefficient (Wildman–Crippen LogP) is 2.58. The Morgan fingerprint density at radius 2 is 2.09 bits per heavy atom. The van der Waals surface area contributed by atoms with Gasteiger partial charge in [-0.1, -0.05) is 17.7 Å². The topological polar surface area (TPSA) is 44.0 Å². The number of phenols is 1. The Balaban J connectivity index is 0.000000292. The molecule has 1 N–H and O–H groups in total. The number of halogens is 1. The van der Waals surface area contributed by atoms with Crippen LogP contribution in [0.5, 0.6) is 5.75 Å². The second-order valence-electron chi connectivity index (χ2n) is 1.70. The molecular weight excluding hydrogens is 162 g/mol. The average Bonchev–Trinajstić information content (AvgIpc) is 1.88. The molecule has 0 saturated carbocycles. The first-order chi connectivity index (χ1) is 5.20. The van der Waals surface area contributed by atoms with Crippen molar-refractivity contribution in [3.8, 4) is 11.8 Å². The van der Waals surface area contributed by atoms with Crippen molar-refractivity contribution in [1.82, 2.24) is 0 Å². The van der Waals surface area contributed by atoms with E-state index in [1.54, 1.807) is 24.3 Å². The van der Waals surface area contributed by atoms with E-state index in [4.69, 9.17) is 22.0 Å². The molecule has 0 aliphatic rings. The monoisotopic (exact) mass is 169 g/mol. The lowest BCUT2D eigenvalue weighted by Gasteiger charge is -1.88. The quantitative estimate of drug-likeness (QED) is 0.649. The minimum atomic E-state index is 0.206. The van der Waals surface area contributed by atoms with Crippen LogP contribution in [0.1, 0.15) is 6.92 Å². The Labute approximate surface area is 70.7 Å². The van der Waals surface area contributed by atoms with Gasteiger partial charge < -0.3 is 5.11 Å². The van der Waals surface area contributed by atoms with Crippen LogP contribution in [0.4, 0.5) is 0 Å². The van der Waals surface area contributed by atoms with Crippen molar-refractivity contribution in [1.29, 1.82) is 5.26 Å². The first-order valence-corrected chi connectivity index (χ1v) is 3.34. The molecule has 0 aliphatic heterocycles. The fraction of sp³-hybridized carbons (Fsp3) is 0.125. The zero-order valence-corrected chi connectivity index (χ0v) is 6.84. The van der Waals surface area contributed by atoms with Gasteiger partial charge in [-0.15, -0.1) is 0 Å². The van der Waals surface area contributed by atoms with Crippen molar-refractivity contribution in [3.05, 3.63) is 29.3 Å². The van der Waals surface area contributed by atoms with E-state index >= 15 is 0 Å². The van der Waals surface area contributed by atoms with Crippen LogP contribution in [0.15, 0.2) is 24.3 Å². The van der Waals surface area contributed by atoms with Gasteiger partial charge in [-0.2, -0.15) is 5.26 Å². The highest BCUT2D eigenvalue weighted by molar-refractivity contribution is 6.30. The zero-order chi connectivity index (χ0) is 8.69. The summed E-state index contributed by atoms with van der Waals surface area (Å²) >= 11 is 5.48. The molecule has 1 rings (SSSR count). The molecule has 0 atom stereocenters. The fourth-order valence-electron chi connectivity index (χ4n) is 0.476. The third kappa shape index (κ3) is 5.25. The molecule has 1 aromatic rings. The molecule has 0 bridgehead atoms. The van der Waals surface area contributed by atoms with Gasteiger partial charge in [-0.3, -0.25) is 0 Å².